The van der Waals surface area contributed by atoms with E-state index in [2.05, 4.69) is 21.9 Å². The molecule has 4 rings (SSSR count). The molecular weight excluding hydrogens is 312 g/mol. The summed E-state index contributed by atoms with van der Waals surface area (Å²) in [5.41, 5.74) is 5.87. The van der Waals surface area contributed by atoms with Crippen molar-refractivity contribution >= 4 is 22.5 Å². The van der Waals surface area contributed by atoms with E-state index in [1.54, 1.807) is 0 Å². The monoisotopic (exact) mass is 334 g/mol. The van der Waals surface area contributed by atoms with E-state index in [4.69, 9.17) is 10.1 Å². The summed E-state index contributed by atoms with van der Waals surface area (Å²) in [5, 5.41) is 22.4. The fourth-order valence-electron chi connectivity index (χ4n) is 3.88. The number of aromatic nitrogens is 2. The number of hydrogen-bond donors (Lipinski definition) is 2. The number of pyridine rings is 1. The second-order valence-corrected chi connectivity index (χ2v) is 6.62. The van der Waals surface area contributed by atoms with Crippen LogP contribution in [0.2, 0.25) is 0 Å². The van der Waals surface area contributed by atoms with Crippen molar-refractivity contribution in [2.75, 3.05) is 18.5 Å². The van der Waals surface area contributed by atoms with Crippen LogP contribution >= 0.6 is 0 Å². The lowest BCUT2D eigenvalue weighted by Gasteiger charge is -2.23. The summed E-state index contributed by atoms with van der Waals surface area (Å²) in [6.07, 6.45) is 5.93. The van der Waals surface area contributed by atoms with Gasteiger partial charge in [0.1, 0.15) is 11.9 Å². The summed E-state index contributed by atoms with van der Waals surface area (Å²) >= 11 is 0. The van der Waals surface area contributed by atoms with Gasteiger partial charge in [-0.25, -0.2) is 4.98 Å². The van der Waals surface area contributed by atoms with E-state index < -0.39 is 0 Å². The molecule has 3 aromatic rings. The fraction of sp³-hybridized carbons (Fsp3) is 0.400. The van der Waals surface area contributed by atoms with Gasteiger partial charge in [-0.3, -0.25) is 4.40 Å². The van der Waals surface area contributed by atoms with Crippen LogP contribution < -0.4 is 5.32 Å². The molecule has 0 spiro atoms. The van der Waals surface area contributed by atoms with Crippen molar-refractivity contribution in [3.8, 4) is 6.07 Å². The molecule has 0 unspecified atom stereocenters. The lowest BCUT2D eigenvalue weighted by molar-refractivity contribution is 0.286. The molecule has 5 nitrogen and oxygen atoms in total. The third-order valence-electron chi connectivity index (χ3n) is 5.05. The van der Waals surface area contributed by atoms with Gasteiger partial charge < -0.3 is 10.4 Å². The van der Waals surface area contributed by atoms with Gasteiger partial charge in [-0.15, -0.1) is 0 Å². The Balaban J connectivity index is 1.97. The van der Waals surface area contributed by atoms with Gasteiger partial charge in [-0.2, -0.15) is 5.26 Å². The van der Waals surface area contributed by atoms with Gasteiger partial charge in [0.15, 0.2) is 5.65 Å². The third-order valence-corrected chi connectivity index (χ3v) is 5.05. The minimum atomic E-state index is 0.219. The van der Waals surface area contributed by atoms with Crippen LogP contribution in [-0.4, -0.2) is 27.6 Å². The second-order valence-electron chi connectivity index (χ2n) is 6.62. The summed E-state index contributed by atoms with van der Waals surface area (Å²) in [6, 6.07) is 10.5. The molecule has 25 heavy (non-hydrogen) atoms. The molecule has 0 aliphatic heterocycles. The first-order valence-corrected chi connectivity index (χ1v) is 9.05. The van der Waals surface area contributed by atoms with Gasteiger partial charge >= 0.3 is 0 Å². The Labute approximate surface area is 146 Å². The summed E-state index contributed by atoms with van der Waals surface area (Å²) in [4.78, 5) is 4.76. The van der Waals surface area contributed by atoms with Crippen molar-refractivity contribution in [3.05, 3.63) is 41.0 Å². The van der Waals surface area contributed by atoms with Crippen molar-refractivity contribution in [3.63, 3.8) is 0 Å². The summed E-state index contributed by atoms with van der Waals surface area (Å²) in [5.74, 6) is 1.08. The van der Waals surface area contributed by atoms with E-state index in [-0.39, 0.29) is 6.61 Å². The molecule has 2 N–H and O–H groups in total. The zero-order valence-electron chi connectivity index (χ0n) is 14.3. The summed E-state index contributed by atoms with van der Waals surface area (Å²) in [6.45, 7) is 1.02. The Kier molecular flexibility index (Phi) is 4.29. The highest BCUT2D eigenvalue weighted by molar-refractivity contribution is 5.86. The van der Waals surface area contributed by atoms with E-state index >= 15 is 0 Å². The number of nitrogens with zero attached hydrogens (tertiary/aromatic N) is 3. The van der Waals surface area contributed by atoms with E-state index in [1.807, 2.05) is 18.2 Å². The standard InChI is InChI=1S/C20H22N4O/c21-13-16-14-7-1-2-8-15(14)19(22-11-5-6-12-25)24-18-10-4-3-9-17(18)23-20(16)24/h3-4,9-10,22,25H,1-2,5-8,11-12H2. The van der Waals surface area contributed by atoms with Crippen molar-refractivity contribution in [2.45, 2.75) is 38.5 Å². The average Bonchev–Trinajstić information content (AvgIpc) is 3.03. The Morgan fingerprint density at radius 2 is 1.96 bits per heavy atom. The Morgan fingerprint density at radius 1 is 1.16 bits per heavy atom. The Morgan fingerprint density at radius 3 is 2.76 bits per heavy atom. The SMILES string of the molecule is N#Cc1c2c(c(NCCCCO)n3c1nc1ccccc13)CCCC2. The molecule has 2 heterocycles. The molecule has 128 valence electrons. The van der Waals surface area contributed by atoms with Crippen molar-refractivity contribution in [1.82, 2.24) is 9.38 Å². The largest absolute Gasteiger partial charge is 0.396 e. The number of para-hydroxylation sites is 2. The van der Waals surface area contributed by atoms with Gasteiger partial charge in [-0.05, 0) is 61.8 Å². The number of hydrogen-bond acceptors (Lipinski definition) is 4. The molecule has 0 atom stereocenters. The van der Waals surface area contributed by atoms with Gasteiger partial charge in [0, 0.05) is 13.2 Å². The van der Waals surface area contributed by atoms with Crippen LogP contribution in [-0.2, 0) is 12.8 Å². The van der Waals surface area contributed by atoms with Crippen molar-refractivity contribution in [2.24, 2.45) is 0 Å². The smallest absolute Gasteiger partial charge is 0.157 e. The molecule has 2 aromatic heterocycles. The lowest BCUT2D eigenvalue weighted by atomic mass is 9.89. The van der Waals surface area contributed by atoms with Gasteiger partial charge in [0.25, 0.3) is 0 Å². The molecule has 0 saturated heterocycles. The maximum Gasteiger partial charge on any atom is 0.157 e. The summed E-state index contributed by atoms with van der Waals surface area (Å²) < 4.78 is 2.12. The van der Waals surface area contributed by atoms with Crippen LogP contribution in [0, 0.1) is 11.3 Å². The fourth-order valence-corrected chi connectivity index (χ4v) is 3.88. The van der Waals surface area contributed by atoms with Crippen LogP contribution in [0.25, 0.3) is 16.7 Å². The predicted molar refractivity (Wildman–Crippen MR) is 98.9 cm³/mol. The Hall–Kier alpha value is -2.58. The van der Waals surface area contributed by atoms with Crippen LogP contribution in [0.3, 0.4) is 0 Å². The first-order valence-electron chi connectivity index (χ1n) is 9.05. The number of aliphatic hydroxyl groups excluding tert-OH is 1. The topological polar surface area (TPSA) is 73.3 Å². The van der Waals surface area contributed by atoms with E-state index in [1.165, 1.54) is 11.1 Å². The highest BCUT2D eigenvalue weighted by Gasteiger charge is 2.24. The minimum absolute atomic E-state index is 0.219. The average molecular weight is 334 g/mol. The van der Waals surface area contributed by atoms with Crippen LogP contribution in [0.5, 0.6) is 0 Å². The maximum atomic E-state index is 9.80. The molecule has 1 aliphatic rings. The summed E-state index contributed by atoms with van der Waals surface area (Å²) in [7, 11) is 0. The first kappa shape index (κ1) is 15.9. The third kappa shape index (κ3) is 2.63. The molecule has 0 amide bonds. The maximum absolute atomic E-state index is 9.80. The molecule has 5 heteroatoms. The highest BCUT2D eigenvalue weighted by Crippen LogP contribution is 2.35. The normalized spacial score (nSPS) is 13.8. The van der Waals surface area contributed by atoms with E-state index in [9.17, 15) is 5.26 Å². The molecule has 0 bridgehead atoms. The second kappa shape index (κ2) is 6.73. The predicted octanol–water partition coefficient (Wildman–Crippen LogP) is 3.42. The molecule has 0 radical (unpaired) electrons. The molecule has 0 fully saturated rings. The molecule has 0 saturated carbocycles. The number of rotatable bonds is 5. The van der Waals surface area contributed by atoms with Crippen molar-refractivity contribution in [1.29, 1.82) is 5.26 Å². The quantitative estimate of drug-likeness (QED) is 0.701. The number of imidazole rings is 1. The van der Waals surface area contributed by atoms with Crippen LogP contribution in [0.15, 0.2) is 24.3 Å². The first-order chi connectivity index (χ1) is 12.3. The van der Waals surface area contributed by atoms with Crippen molar-refractivity contribution < 1.29 is 5.11 Å². The van der Waals surface area contributed by atoms with E-state index in [0.717, 1.165) is 73.1 Å². The number of fused-ring (bicyclic) bond motifs is 4. The number of nitriles is 1. The van der Waals surface area contributed by atoms with Gasteiger partial charge in [-0.1, -0.05) is 12.1 Å². The lowest BCUT2D eigenvalue weighted by Crippen LogP contribution is -2.16. The number of benzene rings is 1. The zero-order valence-corrected chi connectivity index (χ0v) is 14.3. The number of unbranched alkanes of at least 4 members (excludes halogenated alkanes) is 1. The van der Waals surface area contributed by atoms with Crippen LogP contribution in [0.4, 0.5) is 5.82 Å². The molecular formula is C20H22N4O. The molecule has 1 aromatic carbocycles. The van der Waals surface area contributed by atoms with Gasteiger partial charge in [0.05, 0.1) is 16.6 Å². The zero-order chi connectivity index (χ0) is 17.2. The van der Waals surface area contributed by atoms with Gasteiger partial charge in [0.2, 0.25) is 0 Å². The minimum Gasteiger partial charge on any atom is -0.396 e. The molecule has 1 aliphatic carbocycles. The number of anilines is 1. The van der Waals surface area contributed by atoms with Crippen LogP contribution in [0.1, 0.15) is 42.4 Å². The Bertz CT molecular complexity index is 967. The number of nitrogens with one attached hydrogen (secondary N) is 1. The number of aliphatic hydroxyl groups is 1. The highest BCUT2D eigenvalue weighted by atomic mass is 16.2. The van der Waals surface area contributed by atoms with E-state index in [0.29, 0.717) is 0 Å².